The Balaban J connectivity index is 1.80. The highest BCUT2D eigenvalue weighted by molar-refractivity contribution is 5.07. The molecule has 4 nitrogen and oxygen atoms in total. The lowest BCUT2D eigenvalue weighted by molar-refractivity contribution is 0.130. The minimum Gasteiger partial charge on any atom is -0.390 e. The van der Waals surface area contributed by atoms with Gasteiger partial charge >= 0.3 is 0 Å². The van der Waals surface area contributed by atoms with Crippen LogP contribution in [-0.4, -0.2) is 54.3 Å². The van der Waals surface area contributed by atoms with Gasteiger partial charge in [0.2, 0.25) is 0 Å². The summed E-state index contributed by atoms with van der Waals surface area (Å²) in [6, 6.07) is 6.51. The summed E-state index contributed by atoms with van der Waals surface area (Å²) in [6.45, 7) is 1.36. The quantitative estimate of drug-likeness (QED) is 0.732. The second-order valence-corrected chi connectivity index (χ2v) is 5.79. The maximum atomic E-state index is 9.92. The van der Waals surface area contributed by atoms with Gasteiger partial charge in [0.25, 0.3) is 0 Å². The van der Waals surface area contributed by atoms with Crippen molar-refractivity contribution in [2.75, 3.05) is 27.2 Å². The highest BCUT2D eigenvalue weighted by Gasteiger charge is 2.31. The molecule has 1 saturated carbocycles. The van der Waals surface area contributed by atoms with Gasteiger partial charge in [-0.05, 0) is 45.0 Å². The molecule has 1 aromatic rings. The van der Waals surface area contributed by atoms with Gasteiger partial charge in [0.15, 0.2) is 0 Å². The monoisotopic (exact) mass is 263 g/mol. The van der Waals surface area contributed by atoms with Crippen molar-refractivity contribution in [3.8, 4) is 0 Å². The first-order chi connectivity index (χ1) is 9.15. The molecule has 1 aliphatic carbocycles. The zero-order valence-corrected chi connectivity index (χ0v) is 11.9. The molecule has 0 aromatic carbocycles. The van der Waals surface area contributed by atoms with Crippen LogP contribution in [0.4, 0.5) is 0 Å². The van der Waals surface area contributed by atoms with Gasteiger partial charge in [-0.2, -0.15) is 0 Å². The van der Waals surface area contributed by atoms with Crippen molar-refractivity contribution in [1.82, 2.24) is 15.2 Å². The van der Waals surface area contributed by atoms with Gasteiger partial charge in [0.1, 0.15) is 0 Å². The van der Waals surface area contributed by atoms with Gasteiger partial charge in [-0.25, -0.2) is 0 Å². The molecule has 0 spiro atoms. The van der Waals surface area contributed by atoms with E-state index in [0.717, 1.165) is 18.0 Å². The van der Waals surface area contributed by atoms with Gasteiger partial charge in [-0.3, -0.25) is 4.98 Å². The van der Waals surface area contributed by atoms with Crippen LogP contribution in [-0.2, 0) is 6.42 Å². The van der Waals surface area contributed by atoms with Crippen LogP contribution < -0.4 is 5.32 Å². The molecule has 2 atom stereocenters. The molecule has 19 heavy (non-hydrogen) atoms. The van der Waals surface area contributed by atoms with Gasteiger partial charge < -0.3 is 15.3 Å². The van der Waals surface area contributed by atoms with E-state index in [-0.39, 0.29) is 6.10 Å². The van der Waals surface area contributed by atoms with Crippen LogP contribution in [0.5, 0.6) is 0 Å². The van der Waals surface area contributed by atoms with Gasteiger partial charge in [-0.15, -0.1) is 0 Å². The van der Waals surface area contributed by atoms with Crippen molar-refractivity contribution in [2.45, 2.75) is 31.4 Å². The third-order valence-electron chi connectivity index (χ3n) is 3.54. The van der Waals surface area contributed by atoms with E-state index in [1.165, 1.54) is 12.8 Å². The number of aliphatic hydroxyl groups excluding tert-OH is 1. The van der Waals surface area contributed by atoms with Crippen molar-refractivity contribution in [3.05, 3.63) is 30.1 Å². The molecule has 0 radical (unpaired) electrons. The fourth-order valence-corrected chi connectivity index (χ4v) is 2.42. The smallest absolute Gasteiger partial charge is 0.0791 e. The zero-order chi connectivity index (χ0) is 13.7. The lowest BCUT2D eigenvalue weighted by atomic mass is 10.1. The maximum absolute atomic E-state index is 9.92. The Bertz CT molecular complexity index is 365. The molecule has 1 heterocycles. The lowest BCUT2D eigenvalue weighted by Gasteiger charge is -2.22. The highest BCUT2D eigenvalue weighted by atomic mass is 16.3. The molecule has 4 heteroatoms. The third kappa shape index (κ3) is 5.27. The van der Waals surface area contributed by atoms with Crippen LogP contribution in [0.1, 0.15) is 18.5 Å². The average molecular weight is 263 g/mol. The van der Waals surface area contributed by atoms with E-state index in [9.17, 15) is 5.11 Å². The van der Waals surface area contributed by atoms with E-state index in [0.29, 0.717) is 19.1 Å². The summed E-state index contributed by atoms with van der Waals surface area (Å²) in [7, 11) is 3.96. The maximum Gasteiger partial charge on any atom is 0.0791 e. The summed E-state index contributed by atoms with van der Waals surface area (Å²) >= 11 is 0. The van der Waals surface area contributed by atoms with Gasteiger partial charge in [0, 0.05) is 37.4 Å². The fraction of sp³-hybridized carbons (Fsp3) is 0.667. The first-order valence-corrected chi connectivity index (χ1v) is 7.11. The summed E-state index contributed by atoms with van der Waals surface area (Å²) < 4.78 is 0. The van der Waals surface area contributed by atoms with Crippen molar-refractivity contribution < 1.29 is 5.11 Å². The average Bonchev–Trinajstić information content (AvgIpc) is 3.19. The fourth-order valence-electron chi connectivity index (χ4n) is 2.42. The highest BCUT2D eigenvalue weighted by Crippen LogP contribution is 2.33. The van der Waals surface area contributed by atoms with Gasteiger partial charge in [-0.1, -0.05) is 6.07 Å². The van der Waals surface area contributed by atoms with Crippen LogP contribution in [0.2, 0.25) is 0 Å². The number of pyridine rings is 1. The molecule has 2 unspecified atom stereocenters. The van der Waals surface area contributed by atoms with Crippen molar-refractivity contribution >= 4 is 0 Å². The number of nitrogens with one attached hydrogen (secondary N) is 1. The molecular weight excluding hydrogens is 238 g/mol. The van der Waals surface area contributed by atoms with E-state index < -0.39 is 0 Å². The number of hydrogen-bond acceptors (Lipinski definition) is 4. The zero-order valence-electron chi connectivity index (χ0n) is 11.9. The number of nitrogens with zero attached hydrogens (tertiary/aromatic N) is 2. The third-order valence-corrected chi connectivity index (χ3v) is 3.54. The Hall–Kier alpha value is -0.970. The predicted octanol–water partition coefficient (Wildman–Crippen LogP) is 0.915. The Kier molecular flexibility index (Phi) is 5.31. The minimum atomic E-state index is -0.306. The lowest BCUT2D eigenvalue weighted by Crippen LogP contribution is -2.41. The van der Waals surface area contributed by atoms with Crippen molar-refractivity contribution in [1.29, 1.82) is 0 Å². The summed E-state index contributed by atoms with van der Waals surface area (Å²) in [5.74, 6) is 0.758. The predicted molar refractivity (Wildman–Crippen MR) is 77.0 cm³/mol. The molecule has 0 aliphatic heterocycles. The molecular formula is C15H25N3O. The first-order valence-electron chi connectivity index (χ1n) is 7.11. The van der Waals surface area contributed by atoms with Crippen LogP contribution in [0, 0.1) is 5.92 Å². The second-order valence-electron chi connectivity index (χ2n) is 5.79. The van der Waals surface area contributed by atoms with E-state index >= 15 is 0 Å². The van der Waals surface area contributed by atoms with Crippen molar-refractivity contribution in [3.63, 3.8) is 0 Å². The summed E-state index contributed by atoms with van der Waals surface area (Å²) in [5, 5.41) is 13.4. The van der Waals surface area contributed by atoms with Crippen LogP contribution >= 0.6 is 0 Å². The van der Waals surface area contributed by atoms with E-state index in [4.69, 9.17) is 0 Å². The largest absolute Gasteiger partial charge is 0.390 e. The van der Waals surface area contributed by atoms with Crippen LogP contribution in [0.15, 0.2) is 24.4 Å². The SMILES string of the molecule is CN(C)CC(O)CNC(Cc1ccccn1)C1CC1. The van der Waals surface area contributed by atoms with E-state index in [1.807, 2.05) is 37.3 Å². The summed E-state index contributed by atoms with van der Waals surface area (Å²) in [5.41, 5.74) is 1.13. The topological polar surface area (TPSA) is 48.4 Å². The second kappa shape index (κ2) is 6.98. The molecule has 1 aliphatic rings. The number of hydrogen-bond donors (Lipinski definition) is 2. The number of aromatic nitrogens is 1. The normalized spacial score (nSPS) is 18.5. The molecule has 0 saturated heterocycles. The first kappa shape index (κ1) is 14.4. The molecule has 1 fully saturated rings. The number of aliphatic hydroxyl groups is 1. The Labute approximate surface area is 115 Å². The molecule has 1 aromatic heterocycles. The summed E-state index contributed by atoms with van der Waals surface area (Å²) in [6.07, 6.45) is 5.10. The molecule has 2 N–H and O–H groups in total. The van der Waals surface area contributed by atoms with E-state index in [1.54, 1.807) is 0 Å². The molecule has 0 amide bonds. The van der Waals surface area contributed by atoms with Crippen LogP contribution in [0.25, 0.3) is 0 Å². The summed E-state index contributed by atoms with van der Waals surface area (Å²) in [4.78, 5) is 6.40. The van der Waals surface area contributed by atoms with Crippen molar-refractivity contribution in [2.24, 2.45) is 5.92 Å². The Morgan fingerprint density at radius 3 is 2.79 bits per heavy atom. The molecule has 106 valence electrons. The van der Waals surface area contributed by atoms with E-state index in [2.05, 4.69) is 16.4 Å². The molecule has 0 bridgehead atoms. The Morgan fingerprint density at radius 1 is 1.42 bits per heavy atom. The minimum absolute atomic E-state index is 0.306. The Morgan fingerprint density at radius 2 is 2.21 bits per heavy atom. The molecule has 2 rings (SSSR count). The standard InChI is InChI=1S/C15H25N3O/c1-18(2)11-14(19)10-17-15(12-6-7-12)9-13-5-3-4-8-16-13/h3-5,8,12,14-15,17,19H,6-7,9-11H2,1-2H3. The number of likely N-dealkylation sites (N-methyl/N-ethyl adjacent to an activating group) is 1. The number of rotatable bonds is 8. The van der Waals surface area contributed by atoms with Crippen LogP contribution in [0.3, 0.4) is 0 Å². The van der Waals surface area contributed by atoms with Gasteiger partial charge in [0.05, 0.1) is 6.10 Å².